The molecule has 0 spiro atoms. The first-order valence-electron chi connectivity index (χ1n) is 8.41. The van der Waals surface area contributed by atoms with Crippen molar-refractivity contribution in [3.63, 3.8) is 0 Å². The molecule has 0 N–H and O–H groups in total. The summed E-state index contributed by atoms with van der Waals surface area (Å²) in [4.78, 5) is 8.83. The average molecular weight is 347 g/mol. The monoisotopic (exact) mass is 347 g/mol. The van der Waals surface area contributed by atoms with Crippen molar-refractivity contribution in [1.82, 2.24) is 9.88 Å². The number of hydrogen-bond acceptors (Lipinski definition) is 4. The molecule has 6 heteroatoms. The molecule has 1 aromatic carbocycles. The Labute approximate surface area is 147 Å². The lowest BCUT2D eigenvalue weighted by atomic mass is 10.1. The van der Waals surface area contributed by atoms with Crippen molar-refractivity contribution >= 4 is 5.69 Å². The Morgan fingerprint density at radius 1 is 1.04 bits per heavy atom. The molecule has 1 aliphatic heterocycles. The molecule has 3 rings (SSSR count). The highest BCUT2D eigenvalue weighted by molar-refractivity contribution is 5.48. The van der Waals surface area contributed by atoms with Gasteiger partial charge < -0.3 is 9.64 Å². The smallest absolute Gasteiger partial charge is 0.167 e. The Hall–Kier alpha value is -2.21. The van der Waals surface area contributed by atoms with Crippen LogP contribution in [0.5, 0.6) is 5.75 Å². The summed E-state index contributed by atoms with van der Waals surface area (Å²) in [6.45, 7) is 7.55. The van der Waals surface area contributed by atoms with Crippen LogP contribution < -0.4 is 9.64 Å². The molecule has 1 aliphatic rings. The second kappa shape index (κ2) is 7.35. The molecule has 0 bridgehead atoms. The Kier molecular flexibility index (Phi) is 5.18. The fourth-order valence-electron chi connectivity index (χ4n) is 3.30. The van der Waals surface area contributed by atoms with Gasteiger partial charge in [-0.2, -0.15) is 0 Å². The lowest BCUT2D eigenvalue weighted by molar-refractivity contribution is 0.241. The predicted molar refractivity (Wildman–Crippen MR) is 94.1 cm³/mol. The van der Waals surface area contributed by atoms with E-state index in [1.54, 1.807) is 0 Å². The Balaban J connectivity index is 1.68. The van der Waals surface area contributed by atoms with Gasteiger partial charge in [0.25, 0.3) is 0 Å². The maximum Gasteiger partial charge on any atom is 0.167 e. The molecule has 25 heavy (non-hydrogen) atoms. The van der Waals surface area contributed by atoms with Crippen LogP contribution in [0.1, 0.15) is 17.0 Å². The second-order valence-corrected chi connectivity index (χ2v) is 6.41. The van der Waals surface area contributed by atoms with Gasteiger partial charge in [-0.15, -0.1) is 0 Å². The Morgan fingerprint density at radius 3 is 2.28 bits per heavy atom. The van der Waals surface area contributed by atoms with Gasteiger partial charge in [0.1, 0.15) is 5.75 Å². The van der Waals surface area contributed by atoms with Crippen molar-refractivity contribution in [3.05, 3.63) is 52.9 Å². The van der Waals surface area contributed by atoms with Crippen molar-refractivity contribution in [2.75, 3.05) is 38.2 Å². The van der Waals surface area contributed by atoms with E-state index in [2.05, 4.69) is 26.9 Å². The highest BCUT2D eigenvalue weighted by atomic mass is 19.2. The number of aromatic nitrogens is 1. The fraction of sp³-hybridized carbons (Fsp3) is 0.421. The summed E-state index contributed by atoms with van der Waals surface area (Å²) in [5.74, 6) is -1.26. The Bertz CT molecular complexity index is 738. The highest BCUT2D eigenvalue weighted by Crippen LogP contribution is 2.26. The third kappa shape index (κ3) is 3.90. The molecule has 2 heterocycles. The molecule has 134 valence electrons. The number of aryl methyl sites for hydroxylation is 2. The lowest BCUT2D eigenvalue weighted by Gasteiger charge is -2.36. The fourth-order valence-corrected chi connectivity index (χ4v) is 3.30. The minimum Gasteiger partial charge on any atom is -0.496 e. The summed E-state index contributed by atoms with van der Waals surface area (Å²) in [5, 5.41) is 0. The number of pyridine rings is 1. The highest BCUT2D eigenvalue weighted by Gasteiger charge is 2.22. The van der Waals surface area contributed by atoms with Gasteiger partial charge in [0.2, 0.25) is 0 Å². The first-order valence-corrected chi connectivity index (χ1v) is 8.41. The molecular weight excluding hydrogens is 324 g/mol. The normalized spacial score (nSPS) is 15.5. The SMILES string of the molecule is COc1ccc(F)c(F)c1CN1CCN(c2cc(C)nc(C)c2)CC1. The molecule has 1 aromatic heterocycles. The number of rotatable bonds is 4. The molecule has 1 fully saturated rings. The molecule has 4 nitrogen and oxygen atoms in total. The molecule has 0 aliphatic carbocycles. The van der Waals surface area contributed by atoms with Gasteiger partial charge in [0.15, 0.2) is 11.6 Å². The summed E-state index contributed by atoms with van der Waals surface area (Å²) in [7, 11) is 1.47. The molecular formula is C19H23F2N3O. The van der Waals surface area contributed by atoms with Crippen LogP contribution in [0.3, 0.4) is 0 Å². The van der Waals surface area contributed by atoms with Crippen LogP contribution in [0.25, 0.3) is 0 Å². The number of benzene rings is 1. The summed E-state index contributed by atoms with van der Waals surface area (Å²) >= 11 is 0. The van der Waals surface area contributed by atoms with Crippen LogP contribution in [0.4, 0.5) is 14.5 Å². The van der Waals surface area contributed by atoms with Crippen molar-refractivity contribution < 1.29 is 13.5 Å². The summed E-state index contributed by atoms with van der Waals surface area (Å²) < 4.78 is 32.9. The van der Waals surface area contributed by atoms with E-state index >= 15 is 0 Å². The standard InChI is InChI=1S/C19H23F2N3O/c1-13-10-15(11-14(2)22-13)24-8-6-23(7-9-24)12-16-18(25-3)5-4-17(20)19(16)21/h4-5,10-11H,6-9,12H2,1-3H3. The van der Waals surface area contributed by atoms with E-state index in [9.17, 15) is 8.78 Å². The van der Waals surface area contributed by atoms with Crippen molar-refractivity contribution in [2.24, 2.45) is 0 Å². The maximum atomic E-state index is 14.1. The summed E-state index contributed by atoms with van der Waals surface area (Å²) in [6.07, 6.45) is 0. The van der Waals surface area contributed by atoms with E-state index in [0.717, 1.165) is 43.6 Å². The van der Waals surface area contributed by atoms with Gasteiger partial charge in [-0.25, -0.2) is 8.78 Å². The van der Waals surface area contributed by atoms with E-state index in [1.165, 1.54) is 18.9 Å². The van der Waals surface area contributed by atoms with Crippen LogP contribution >= 0.6 is 0 Å². The van der Waals surface area contributed by atoms with E-state index in [-0.39, 0.29) is 5.56 Å². The maximum absolute atomic E-state index is 14.1. The third-order valence-electron chi connectivity index (χ3n) is 4.56. The Morgan fingerprint density at radius 2 is 1.68 bits per heavy atom. The number of hydrogen-bond donors (Lipinski definition) is 0. The minimum absolute atomic E-state index is 0.284. The zero-order valence-corrected chi connectivity index (χ0v) is 14.9. The van der Waals surface area contributed by atoms with Crippen LogP contribution in [0, 0.1) is 25.5 Å². The largest absolute Gasteiger partial charge is 0.496 e. The van der Waals surface area contributed by atoms with E-state index < -0.39 is 11.6 Å². The summed E-state index contributed by atoms with van der Waals surface area (Å²) in [5.41, 5.74) is 3.46. The predicted octanol–water partition coefficient (Wildman–Crippen LogP) is 3.31. The van der Waals surface area contributed by atoms with Crippen LogP contribution in [0.15, 0.2) is 24.3 Å². The quantitative estimate of drug-likeness (QED) is 0.848. The number of methoxy groups -OCH3 is 1. The lowest BCUT2D eigenvalue weighted by Crippen LogP contribution is -2.46. The topological polar surface area (TPSA) is 28.6 Å². The molecule has 2 aromatic rings. The number of piperazine rings is 1. The van der Waals surface area contributed by atoms with E-state index in [0.29, 0.717) is 12.3 Å². The molecule has 0 unspecified atom stereocenters. The van der Waals surface area contributed by atoms with Crippen molar-refractivity contribution in [1.29, 1.82) is 0 Å². The number of ether oxygens (including phenoxy) is 1. The average Bonchev–Trinajstić information content (AvgIpc) is 2.59. The minimum atomic E-state index is -0.836. The number of nitrogens with zero attached hydrogens (tertiary/aromatic N) is 3. The molecule has 0 atom stereocenters. The molecule has 0 radical (unpaired) electrons. The first kappa shape index (κ1) is 17.6. The van der Waals surface area contributed by atoms with Crippen LogP contribution in [0.2, 0.25) is 0 Å². The van der Waals surface area contributed by atoms with Gasteiger partial charge in [0.05, 0.1) is 7.11 Å². The number of halogens is 2. The zero-order valence-electron chi connectivity index (χ0n) is 14.9. The zero-order chi connectivity index (χ0) is 18.0. The van der Waals surface area contributed by atoms with E-state index in [4.69, 9.17) is 4.74 Å². The first-order chi connectivity index (χ1) is 12.0. The van der Waals surface area contributed by atoms with Gasteiger partial charge in [-0.05, 0) is 38.1 Å². The van der Waals surface area contributed by atoms with Crippen LogP contribution in [-0.4, -0.2) is 43.2 Å². The second-order valence-electron chi connectivity index (χ2n) is 6.41. The van der Waals surface area contributed by atoms with Gasteiger partial charge in [-0.1, -0.05) is 0 Å². The molecule has 1 saturated heterocycles. The van der Waals surface area contributed by atoms with Gasteiger partial charge in [0, 0.05) is 55.4 Å². The number of anilines is 1. The molecule has 0 saturated carbocycles. The third-order valence-corrected chi connectivity index (χ3v) is 4.56. The van der Waals surface area contributed by atoms with Crippen molar-refractivity contribution in [2.45, 2.75) is 20.4 Å². The van der Waals surface area contributed by atoms with E-state index in [1.807, 2.05) is 13.8 Å². The summed E-state index contributed by atoms with van der Waals surface area (Å²) in [6, 6.07) is 6.74. The van der Waals surface area contributed by atoms with Gasteiger partial charge >= 0.3 is 0 Å². The van der Waals surface area contributed by atoms with Gasteiger partial charge in [-0.3, -0.25) is 9.88 Å². The van der Waals surface area contributed by atoms with Crippen molar-refractivity contribution in [3.8, 4) is 5.75 Å². The molecule has 0 amide bonds. The van der Waals surface area contributed by atoms with Crippen LogP contribution in [-0.2, 0) is 6.54 Å².